The van der Waals surface area contributed by atoms with Crippen LogP contribution in [0.4, 0.5) is 0 Å². The van der Waals surface area contributed by atoms with E-state index in [1.807, 2.05) is 0 Å². The lowest BCUT2D eigenvalue weighted by Crippen LogP contribution is -2.26. The fourth-order valence-electron chi connectivity index (χ4n) is 2.78. The normalized spacial score (nSPS) is 16.6. The van der Waals surface area contributed by atoms with Gasteiger partial charge in [-0.3, -0.25) is 4.68 Å². The summed E-state index contributed by atoms with van der Waals surface area (Å²) in [6.45, 7) is 1.69. The molecule has 1 saturated carbocycles. The highest BCUT2D eigenvalue weighted by Crippen LogP contribution is 2.25. The summed E-state index contributed by atoms with van der Waals surface area (Å²) in [5, 5.41) is 13.1. The third-order valence-electron chi connectivity index (χ3n) is 3.76. The molecule has 0 unspecified atom stereocenters. The van der Waals surface area contributed by atoms with Gasteiger partial charge in [-0.05, 0) is 25.8 Å². The average Bonchev–Trinajstić information content (AvgIpc) is 2.90. The van der Waals surface area contributed by atoms with E-state index < -0.39 is 5.97 Å². The summed E-state index contributed by atoms with van der Waals surface area (Å²) < 4.78 is 1.66. The van der Waals surface area contributed by atoms with Gasteiger partial charge in [-0.15, -0.1) is 0 Å². The molecular weight excluding hydrogens is 230 g/mol. The van der Waals surface area contributed by atoms with Crippen molar-refractivity contribution in [1.29, 1.82) is 0 Å². The lowest BCUT2D eigenvalue weighted by atomic mass is 10.1. The predicted molar refractivity (Wildman–Crippen MR) is 68.5 cm³/mol. The smallest absolute Gasteiger partial charge is 0.339 e. The highest BCUT2D eigenvalue weighted by Gasteiger charge is 2.20. The summed E-state index contributed by atoms with van der Waals surface area (Å²) in [6, 6.07) is 0. The van der Waals surface area contributed by atoms with Crippen LogP contribution in [-0.2, 0) is 13.6 Å². The maximum atomic E-state index is 11.1. The molecule has 2 rings (SSSR count). The van der Waals surface area contributed by atoms with Crippen molar-refractivity contribution in [2.45, 2.75) is 32.2 Å². The first-order chi connectivity index (χ1) is 8.58. The predicted octanol–water partition coefficient (Wildman–Crippen LogP) is 1.74. The standard InChI is InChI=1S/C13H21N3O2/c1-15(8-10-5-3-4-6-10)9-12-11(13(17)18)7-14-16(12)2/h7,10H,3-6,8-9H2,1-2H3,(H,17,18). The van der Waals surface area contributed by atoms with E-state index in [1.54, 1.807) is 11.7 Å². The minimum Gasteiger partial charge on any atom is -0.478 e. The van der Waals surface area contributed by atoms with Crippen molar-refractivity contribution < 1.29 is 9.90 Å². The molecular formula is C13H21N3O2. The number of aromatic nitrogens is 2. The van der Waals surface area contributed by atoms with E-state index in [4.69, 9.17) is 5.11 Å². The Morgan fingerprint density at radius 1 is 1.56 bits per heavy atom. The number of carboxylic acid groups (broad SMARTS) is 1. The number of hydrogen-bond acceptors (Lipinski definition) is 3. The second-order valence-electron chi connectivity index (χ2n) is 5.28. The molecule has 0 atom stereocenters. The summed E-state index contributed by atoms with van der Waals surface area (Å²) in [7, 11) is 3.85. The highest BCUT2D eigenvalue weighted by molar-refractivity contribution is 5.88. The van der Waals surface area contributed by atoms with Gasteiger partial charge in [0.15, 0.2) is 0 Å². The Balaban J connectivity index is 1.99. The third kappa shape index (κ3) is 2.90. The van der Waals surface area contributed by atoms with Gasteiger partial charge in [0.25, 0.3) is 0 Å². The average molecular weight is 251 g/mol. The third-order valence-corrected chi connectivity index (χ3v) is 3.76. The van der Waals surface area contributed by atoms with E-state index in [-0.39, 0.29) is 0 Å². The topological polar surface area (TPSA) is 58.4 Å². The molecule has 1 aromatic rings. The van der Waals surface area contributed by atoms with Gasteiger partial charge in [0.1, 0.15) is 5.56 Å². The molecule has 0 aliphatic heterocycles. The Kier molecular flexibility index (Phi) is 4.01. The van der Waals surface area contributed by atoms with Crippen LogP contribution in [0.3, 0.4) is 0 Å². The van der Waals surface area contributed by atoms with Crippen LogP contribution in [0, 0.1) is 5.92 Å². The Morgan fingerprint density at radius 2 is 2.22 bits per heavy atom. The Hall–Kier alpha value is -1.36. The molecule has 18 heavy (non-hydrogen) atoms. The van der Waals surface area contributed by atoms with Gasteiger partial charge in [-0.25, -0.2) is 4.79 Å². The summed E-state index contributed by atoms with van der Waals surface area (Å²) >= 11 is 0. The lowest BCUT2D eigenvalue weighted by molar-refractivity contribution is 0.0694. The molecule has 5 heteroatoms. The van der Waals surface area contributed by atoms with Crippen LogP contribution in [0.2, 0.25) is 0 Å². The minimum absolute atomic E-state index is 0.316. The SMILES string of the molecule is CN(Cc1c(C(=O)O)cnn1C)CC1CCCC1. The Bertz CT molecular complexity index is 422. The van der Waals surface area contributed by atoms with Crippen molar-refractivity contribution in [1.82, 2.24) is 14.7 Å². The van der Waals surface area contributed by atoms with E-state index in [2.05, 4.69) is 17.0 Å². The first kappa shape index (κ1) is 13.1. The van der Waals surface area contributed by atoms with Crippen molar-refractivity contribution >= 4 is 5.97 Å². The zero-order valence-corrected chi connectivity index (χ0v) is 11.1. The van der Waals surface area contributed by atoms with E-state index >= 15 is 0 Å². The molecule has 1 aliphatic rings. The molecule has 1 aliphatic carbocycles. The van der Waals surface area contributed by atoms with Crippen LogP contribution >= 0.6 is 0 Å². The zero-order chi connectivity index (χ0) is 13.1. The highest BCUT2D eigenvalue weighted by atomic mass is 16.4. The van der Waals surface area contributed by atoms with Gasteiger partial charge < -0.3 is 10.0 Å². The van der Waals surface area contributed by atoms with Crippen LogP contribution in [0.1, 0.15) is 41.7 Å². The molecule has 1 fully saturated rings. The number of carbonyl (C=O) groups is 1. The zero-order valence-electron chi connectivity index (χ0n) is 11.1. The van der Waals surface area contributed by atoms with Gasteiger partial charge in [0.05, 0.1) is 11.9 Å². The van der Waals surface area contributed by atoms with Gasteiger partial charge in [0.2, 0.25) is 0 Å². The maximum Gasteiger partial charge on any atom is 0.339 e. The van der Waals surface area contributed by atoms with Gasteiger partial charge >= 0.3 is 5.97 Å². The van der Waals surface area contributed by atoms with Crippen molar-refractivity contribution in [2.24, 2.45) is 13.0 Å². The molecule has 1 N–H and O–H groups in total. The monoisotopic (exact) mass is 251 g/mol. The summed E-state index contributed by atoms with van der Waals surface area (Å²) in [5.74, 6) is -0.121. The van der Waals surface area contributed by atoms with Crippen molar-refractivity contribution in [3.8, 4) is 0 Å². The van der Waals surface area contributed by atoms with Gasteiger partial charge in [0, 0.05) is 20.1 Å². The first-order valence-corrected chi connectivity index (χ1v) is 6.50. The second kappa shape index (κ2) is 5.52. The number of nitrogens with zero attached hydrogens (tertiary/aromatic N) is 3. The van der Waals surface area contributed by atoms with Crippen LogP contribution < -0.4 is 0 Å². The lowest BCUT2D eigenvalue weighted by Gasteiger charge is -2.21. The van der Waals surface area contributed by atoms with Crippen LogP contribution in [0.25, 0.3) is 0 Å². The number of hydrogen-bond donors (Lipinski definition) is 1. The molecule has 0 aromatic carbocycles. The van der Waals surface area contributed by atoms with Crippen molar-refractivity contribution in [3.05, 3.63) is 17.5 Å². The first-order valence-electron chi connectivity index (χ1n) is 6.50. The van der Waals surface area contributed by atoms with E-state index in [1.165, 1.54) is 31.9 Å². The second-order valence-corrected chi connectivity index (χ2v) is 5.28. The van der Waals surface area contributed by atoms with Crippen LogP contribution in [0.15, 0.2) is 6.20 Å². The number of carboxylic acids is 1. The fraction of sp³-hybridized carbons (Fsp3) is 0.692. The molecule has 5 nitrogen and oxygen atoms in total. The number of rotatable bonds is 5. The molecule has 1 heterocycles. The number of aromatic carboxylic acids is 1. The Morgan fingerprint density at radius 3 is 2.83 bits per heavy atom. The molecule has 0 amide bonds. The number of aryl methyl sites for hydroxylation is 1. The summed E-state index contributed by atoms with van der Waals surface area (Å²) in [4.78, 5) is 13.3. The molecule has 0 radical (unpaired) electrons. The van der Waals surface area contributed by atoms with Gasteiger partial charge in [-0.2, -0.15) is 5.10 Å². The summed E-state index contributed by atoms with van der Waals surface area (Å²) in [6.07, 6.45) is 6.72. The van der Waals surface area contributed by atoms with Crippen LogP contribution in [0.5, 0.6) is 0 Å². The van der Waals surface area contributed by atoms with E-state index in [0.717, 1.165) is 18.2 Å². The van der Waals surface area contributed by atoms with Crippen molar-refractivity contribution in [3.63, 3.8) is 0 Å². The summed E-state index contributed by atoms with van der Waals surface area (Å²) in [5.41, 5.74) is 1.10. The fourth-order valence-corrected chi connectivity index (χ4v) is 2.78. The molecule has 1 aromatic heterocycles. The molecule has 0 saturated heterocycles. The largest absolute Gasteiger partial charge is 0.478 e. The van der Waals surface area contributed by atoms with Crippen LogP contribution in [-0.4, -0.2) is 39.3 Å². The molecule has 100 valence electrons. The Labute approximate surface area is 107 Å². The van der Waals surface area contributed by atoms with Gasteiger partial charge in [-0.1, -0.05) is 12.8 Å². The molecule has 0 bridgehead atoms. The van der Waals surface area contributed by atoms with E-state index in [9.17, 15) is 4.79 Å². The van der Waals surface area contributed by atoms with E-state index in [0.29, 0.717) is 12.1 Å². The van der Waals surface area contributed by atoms with Crippen molar-refractivity contribution in [2.75, 3.05) is 13.6 Å². The minimum atomic E-state index is -0.896. The molecule has 0 spiro atoms. The maximum absolute atomic E-state index is 11.1. The quantitative estimate of drug-likeness (QED) is 0.866.